The molecule has 20 heteroatoms. The van der Waals surface area contributed by atoms with Crippen molar-refractivity contribution in [2.24, 2.45) is 0 Å². The summed E-state index contributed by atoms with van der Waals surface area (Å²) >= 11 is 0. The molecule has 1 aliphatic heterocycles. The van der Waals surface area contributed by atoms with Crippen molar-refractivity contribution in [3.05, 3.63) is 49.1 Å². The first-order chi connectivity index (χ1) is 21.4. The van der Waals surface area contributed by atoms with Crippen LogP contribution in [0.25, 0.3) is 0 Å². The topological polar surface area (TPSA) is 223 Å². The molecule has 1 saturated heterocycles. The van der Waals surface area contributed by atoms with Gasteiger partial charge in [-0.15, -0.1) is 10.2 Å². The minimum absolute atomic E-state index is 0. The predicted molar refractivity (Wildman–Crippen MR) is 175 cm³/mol. The van der Waals surface area contributed by atoms with Crippen LogP contribution in [0.3, 0.4) is 0 Å². The van der Waals surface area contributed by atoms with Gasteiger partial charge >= 0.3 is 0 Å². The number of amides is 2. The molecule has 0 radical (unpaired) electrons. The quantitative estimate of drug-likeness (QED) is 0.0937. The van der Waals surface area contributed by atoms with E-state index in [1.165, 1.54) is 12.2 Å². The van der Waals surface area contributed by atoms with Crippen molar-refractivity contribution in [2.75, 3.05) is 65.9 Å². The fourth-order valence-corrected chi connectivity index (χ4v) is 4.94. The van der Waals surface area contributed by atoms with Gasteiger partial charge in [0.05, 0.1) is 88.2 Å². The average Bonchev–Trinajstić information content (AvgIpc) is 3.73. The Morgan fingerprint density at radius 2 is 1.53 bits per heavy atom. The maximum absolute atomic E-state index is 11.1. The summed E-state index contributed by atoms with van der Waals surface area (Å²) in [6, 6.07) is 0. The Hall–Kier alpha value is -3.56. The molecule has 1 fully saturated rings. The van der Waals surface area contributed by atoms with Crippen LogP contribution in [-0.2, 0) is 60.2 Å². The van der Waals surface area contributed by atoms with E-state index in [0.29, 0.717) is 55.8 Å². The van der Waals surface area contributed by atoms with Crippen molar-refractivity contribution < 1.29 is 39.6 Å². The van der Waals surface area contributed by atoms with Gasteiger partial charge in [-0.25, -0.2) is 13.1 Å². The van der Waals surface area contributed by atoms with E-state index in [4.69, 9.17) is 0 Å². The molecule has 268 valence electrons. The van der Waals surface area contributed by atoms with Crippen LogP contribution >= 0.6 is 0 Å². The molecular weight excluding hydrogens is 656 g/mol. The minimum atomic E-state index is -4.15. The van der Waals surface area contributed by atoms with E-state index in [1.54, 1.807) is 15.6 Å². The zero-order valence-corrected chi connectivity index (χ0v) is 28.5. The number of likely N-dealkylation sites (N-methyl/N-ethyl adjacent to an activating group) is 2. The highest BCUT2D eigenvalue weighted by atomic mass is 32.2. The van der Waals surface area contributed by atoms with Crippen molar-refractivity contribution in [3.63, 3.8) is 0 Å². The van der Waals surface area contributed by atoms with Crippen LogP contribution in [-0.4, -0.2) is 139 Å². The van der Waals surface area contributed by atoms with Crippen LogP contribution < -0.4 is 10.6 Å². The average molecular weight is 707 g/mol. The summed E-state index contributed by atoms with van der Waals surface area (Å²) in [5.41, 5.74) is 1.39. The van der Waals surface area contributed by atoms with Gasteiger partial charge in [0.25, 0.3) is 10.1 Å². The molecule has 2 aromatic heterocycles. The Morgan fingerprint density at radius 1 is 1.02 bits per heavy atom. The van der Waals surface area contributed by atoms with Gasteiger partial charge in [-0.05, 0) is 32.7 Å². The zero-order valence-electron chi connectivity index (χ0n) is 26.9. The van der Waals surface area contributed by atoms with E-state index in [1.807, 2.05) is 34.4 Å². The van der Waals surface area contributed by atoms with E-state index in [-0.39, 0.29) is 37.3 Å². The number of hydrogen-bond donors (Lipinski definition) is 2. The minimum Gasteiger partial charge on any atom is -0.748 e. The monoisotopic (exact) mass is 706 g/mol. The highest BCUT2D eigenvalue weighted by molar-refractivity contribution is 7.86. The molecule has 0 bridgehead atoms. The number of aromatic nitrogens is 6. The Morgan fingerprint density at radius 3 is 1.91 bits per heavy atom. The summed E-state index contributed by atoms with van der Waals surface area (Å²) in [5.74, 6) is -0.619. The Balaban J connectivity index is 0.000000759. The fraction of sp³-hybridized carbons (Fsp3) is 0.630. The lowest BCUT2D eigenvalue weighted by atomic mass is 10.3. The number of hydrogen-bond acceptors (Lipinski definition) is 13. The number of nitrogens with one attached hydrogen (secondary N) is 2. The van der Waals surface area contributed by atoms with Crippen LogP contribution in [0.4, 0.5) is 0 Å². The number of nitrogens with zero attached hydrogens (tertiary/aromatic N) is 8. The van der Waals surface area contributed by atoms with Crippen molar-refractivity contribution in [2.45, 2.75) is 46.4 Å². The zero-order chi connectivity index (χ0) is 34.8. The molecule has 3 rings (SSSR count). The van der Waals surface area contributed by atoms with E-state index in [2.05, 4.69) is 53.5 Å². The summed E-state index contributed by atoms with van der Waals surface area (Å²) < 4.78 is 60.6. The van der Waals surface area contributed by atoms with Gasteiger partial charge in [-0.2, -0.15) is 8.42 Å². The van der Waals surface area contributed by atoms with Gasteiger partial charge in [-0.1, -0.05) is 31.0 Å². The summed E-state index contributed by atoms with van der Waals surface area (Å²) in [6.07, 6.45) is 6.97. The fourth-order valence-electron chi connectivity index (χ4n) is 3.49. The third kappa shape index (κ3) is 21.8. The van der Waals surface area contributed by atoms with Crippen LogP contribution in [0.5, 0.6) is 0 Å². The number of quaternary nitrogens is 1. The summed E-state index contributed by atoms with van der Waals surface area (Å²) in [6.45, 7) is 11.4. The molecule has 2 N–H and O–H groups in total. The van der Waals surface area contributed by atoms with Crippen LogP contribution in [0.15, 0.2) is 37.7 Å². The number of rotatable bonds is 16. The van der Waals surface area contributed by atoms with Gasteiger partial charge in [0.2, 0.25) is 11.8 Å². The van der Waals surface area contributed by atoms with Crippen molar-refractivity contribution in [1.29, 1.82) is 0 Å². The molecule has 18 nitrogen and oxygen atoms in total. The van der Waals surface area contributed by atoms with E-state index < -0.39 is 20.2 Å². The van der Waals surface area contributed by atoms with Gasteiger partial charge in [0.1, 0.15) is 11.4 Å². The third-order valence-corrected chi connectivity index (χ3v) is 8.20. The normalized spacial score (nSPS) is 13.7. The smallest absolute Gasteiger partial charge is 0.267 e. The maximum atomic E-state index is 11.1. The lowest BCUT2D eigenvalue weighted by Crippen LogP contribution is -2.43. The van der Waals surface area contributed by atoms with Crippen molar-refractivity contribution in [3.8, 4) is 0 Å². The summed E-state index contributed by atoms with van der Waals surface area (Å²) in [7, 11) is 0.719. The molecular formula is C27H50N10O8S2. The second-order valence-electron chi connectivity index (χ2n) is 11.0. The Labute approximate surface area is 278 Å². The molecule has 2 amide bonds. The molecule has 2 aromatic rings. The van der Waals surface area contributed by atoms with E-state index >= 15 is 0 Å². The summed E-state index contributed by atoms with van der Waals surface area (Å²) in [4.78, 5) is 24.1. The third-order valence-electron chi connectivity index (χ3n) is 6.10. The number of carbonyl (C=O) groups is 2. The van der Waals surface area contributed by atoms with Gasteiger partial charge in [0.15, 0.2) is 0 Å². The highest BCUT2D eigenvalue weighted by Gasteiger charge is 2.17. The molecule has 0 aromatic carbocycles. The van der Waals surface area contributed by atoms with Gasteiger partial charge in [0, 0.05) is 18.7 Å². The molecule has 0 atom stereocenters. The lowest BCUT2D eigenvalue weighted by Gasteiger charge is -2.29. The first-order valence-electron chi connectivity index (χ1n) is 14.3. The van der Waals surface area contributed by atoms with E-state index in [0.717, 1.165) is 18.8 Å². The molecule has 0 spiro atoms. The first kappa shape index (κ1) is 43.4. The molecule has 0 unspecified atom stereocenters. The number of carbonyl (C=O) groups excluding carboxylic acids is 2. The molecule has 47 heavy (non-hydrogen) atoms. The predicted octanol–water partition coefficient (Wildman–Crippen LogP) is -0.893. The molecule has 0 saturated carbocycles. The molecule has 0 aliphatic carbocycles. The lowest BCUT2D eigenvalue weighted by molar-refractivity contribution is -0.891. The second-order valence-corrected chi connectivity index (χ2v) is 14.3. The van der Waals surface area contributed by atoms with Crippen LogP contribution in [0.1, 0.15) is 31.7 Å². The van der Waals surface area contributed by atoms with Gasteiger partial charge in [-0.3, -0.25) is 18.5 Å². The SMILES string of the molecule is C.C=CC(=O)NCc1cn(CCN(C)C)nn1.C=CC(=O)NCc1cn(CC[N+](C)(C)CCCS(=O)(=O)[O-])nn1.O=S1(=O)CCCO1. The van der Waals surface area contributed by atoms with Crippen LogP contribution in [0.2, 0.25) is 0 Å². The highest BCUT2D eigenvalue weighted by Crippen LogP contribution is 2.05. The van der Waals surface area contributed by atoms with Gasteiger partial charge < -0.3 is 24.6 Å². The maximum Gasteiger partial charge on any atom is 0.267 e. The Kier molecular flexibility index (Phi) is 19.7. The molecule has 1 aliphatic rings. The van der Waals surface area contributed by atoms with Crippen molar-refractivity contribution >= 4 is 32.1 Å². The Bertz CT molecular complexity index is 1460. The second kappa shape index (κ2) is 21.3. The largest absolute Gasteiger partial charge is 0.748 e. The molecule has 3 heterocycles. The van der Waals surface area contributed by atoms with E-state index in [9.17, 15) is 31.0 Å². The van der Waals surface area contributed by atoms with Crippen LogP contribution in [0, 0.1) is 0 Å². The standard InChI is InChI=1S/C13H23N5O4S.C10H17N5O.C3H6O3S.CH4/c1-4-13(19)14-10-12-11-17(16-15-12)6-8-18(2,3)7-5-9-23(20,21)22;1-4-10(16)11-7-9-8-15(13-12-9)6-5-14(2)3;4-7(5)3-1-2-6-7;/h4,11H,1,5-10H2,2-3H3,(H-,14,19,20,21,22);4,8H,1,5-7H2,2-3H3,(H,11,16);1-3H2;1H4. The summed E-state index contributed by atoms with van der Waals surface area (Å²) in [5, 5.41) is 21.1. The first-order valence-corrected chi connectivity index (χ1v) is 17.4. The van der Waals surface area contributed by atoms with Crippen molar-refractivity contribution in [1.82, 2.24) is 45.5 Å².